The Morgan fingerprint density at radius 2 is 1.75 bits per heavy atom. The van der Waals surface area contributed by atoms with Crippen molar-refractivity contribution in [3.8, 4) is 0 Å². The molecule has 0 N–H and O–H groups in total. The Bertz CT molecular complexity index is 695. The van der Waals surface area contributed by atoms with Gasteiger partial charge in [-0.15, -0.1) is 0 Å². The summed E-state index contributed by atoms with van der Waals surface area (Å²) < 4.78 is 0.692. The van der Waals surface area contributed by atoms with E-state index < -0.39 is 4.92 Å². The van der Waals surface area contributed by atoms with Gasteiger partial charge in [0, 0.05) is 16.1 Å². The van der Waals surface area contributed by atoms with Crippen LogP contribution >= 0.6 is 15.9 Å². The van der Waals surface area contributed by atoms with Gasteiger partial charge in [-0.1, -0.05) is 40.2 Å². The lowest BCUT2D eigenvalue weighted by molar-refractivity contribution is -0.385. The van der Waals surface area contributed by atoms with Crippen molar-refractivity contribution >= 4 is 33.5 Å². The number of nitrogens with zero attached hydrogens (tertiary/aromatic N) is 1. The Morgan fingerprint density at radius 1 is 1.10 bits per heavy atom. The average molecular weight is 332 g/mol. The minimum Gasteiger partial charge on any atom is -0.289 e. The first-order valence-electron chi connectivity index (χ1n) is 5.80. The van der Waals surface area contributed by atoms with Crippen molar-refractivity contribution in [3.05, 3.63) is 80.3 Å². The highest BCUT2D eigenvalue weighted by molar-refractivity contribution is 9.10. The summed E-state index contributed by atoms with van der Waals surface area (Å²) in [5, 5.41) is 10.9. The molecule has 4 nitrogen and oxygen atoms in total. The molecule has 2 aromatic carbocycles. The number of nitro benzene ring substituents is 1. The smallest absolute Gasteiger partial charge is 0.276 e. The SMILES string of the molecule is O=C(C=Cc1ccccc1[N+](=O)[O-])c1ccccc1Br. The molecule has 0 atom stereocenters. The summed E-state index contributed by atoms with van der Waals surface area (Å²) in [5.74, 6) is -0.212. The van der Waals surface area contributed by atoms with Gasteiger partial charge in [0.05, 0.1) is 10.5 Å². The Morgan fingerprint density at radius 3 is 2.45 bits per heavy atom. The van der Waals surface area contributed by atoms with Crippen LogP contribution in [0.1, 0.15) is 15.9 Å². The zero-order valence-electron chi connectivity index (χ0n) is 10.3. The van der Waals surface area contributed by atoms with E-state index in [9.17, 15) is 14.9 Å². The van der Waals surface area contributed by atoms with E-state index in [1.807, 2.05) is 6.07 Å². The molecule has 0 aliphatic rings. The van der Waals surface area contributed by atoms with Crippen molar-refractivity contribution in [1.29, 1.82) is 0 Å². The number of carbonyl (C=O) groups excluding carboxylic acids is 1. The fraction of sp³-hybridized carbons (Fsp3) is 0. The van der Waals surface area contributed by atoms with Crippen LogP contribution in [0.5, 0.6) is 0 Å². The van der Waals surface area contributed by atoms with Crippen molar-refractivity contribution in [2.24, 2.45) is 0 Å². The van der Waals surface area contributed by atoms with E-state index in [-0.39, 0.29) is 11.5 Å². The molecule has 0 spiro atoms. The lowest BCUT2D eigenvalue weighted by Gasteiger charge is -1.99. The molecule has 20 heavy (non-hydrogen) atoms. The molecule has 0 bridgehead atoms. The molecule has 0 radical (unpaired) electrons. The number of benzene rings is 2. The van der Waals surface area contributed by atoms with Crippen LogP contribution in [0.15, 0.2) is 59.1 Å². The third kappa shape index (κ3) is 3.19. The average Bonchev–Trinajstić information content (AvgIpc) is 2.45. The fourth-order valence-corrected chi connectivity index (χ4v) is 2.19. The fourth-order valence-electron chi connectivity index (χ4n) is 1.71. The molecule has 0 saturated carbocycles. The van der Waals surface area contributed by atoms with Gasteiger partial charge in [-0.25, -0.2) is 0 Å². The van der Waals surface area contributed by atoms with Crippen LogP contribution in [0.4, 0.5) is 5.69 Å². The second-order valence-electron chi connectivity index (χ2n) is 3.99. The summed E-state index contributed by atoms with van der Waals surface area (Å²) in [5.41, 5.74) is 0.893. The standard InChI is InChI=1S/C15H10BrNO3/c16-13-7-3-2-6-12(13)15(18)10-9-11-5-1-4-8-14(11)17(19)20/h1-10H. The number of ketones is 1. The highest BCUT2D eigenvalue weighted by Gasteiger charge is 2.11. The molecular formula is C15H10BrNO3. The number of carbonyl (C=O) groups is 1. The molecule has 0 aromatic heterocycles. The van der Waals surface area contributed by atoms with Crippen molar-refractivity contribution in [2.75, 3.05) is 0 Å². The molecule has 0 saturated heterocycles. The largest absolute Gasteiger partial charge is 0.289 e. The predicted octanol–water partition coefficient (Wildman–Crippen LogP) is 4.25. The maximum atomic E-state index is 12.0. The molecule has 0 heterocycles. The third-order valence-electron chi connectivity index (χ3n) is 2.69. The normalized spacial score (nSPS) is 10.7. The Kier molecular flexibility index (Phi) is 4.42. The summed E-state index contributed by atoms with van der Waals surface area (Å²) in [6.07, 6.45) is 2.79. The van der Waals surface area contributed by atoms with Crippen molar-refractivity contribution < 1.29 is 9.72 Å². The minimum absolute atomic E-state index is 0.0244. The van der Waals surface area contributed by atoms with Crippen LogP contribution in [0, 0.1) is 10.1 Å². The minimum atomic E-state index is -0.470. The van der Waals surface area contributed by atoms with Gasteiger partial charge in [-0.3, -0.25) is 14.9 Å². The number of hydrogen-bond acceptors (Lipinski definition) is 3. The second kappa shape index (κ2) is 6.25. The van der Waals surface area contributed by atoms with Gasteiger partial charge in [0.15, 0.2) is 5.78 Å². The first-order valence-corrected chi connectivity index (χ1v) is 6.59. The maximum Gasteiger partial charge on any atom is 0.276 e. The molecule has 0 fully saturated rings. The Balaban J connectivity index is 2.29. The van der Waals surface area contributed by atoms with Crippen LogP contribution in [0.3, 0.4) is 0 Å². The van der Waals surface area contributed by atoms with E-state index in [0.717, 1.165) is 0 Å². The summed E-state index contributed by atoms with van der Waals surface area (Å²) in [4.78, 5) is 22.4. The number of hydrogen-bond donors (Lipinski definition) is 0. The van der Waals surface area contributed by atoms with Gasteiger partial charge >= 0.3 is 0 Å². The Labute approximate surface area is 124 Å². The zero-order valence-corrected chi connectivity index (χ0v) is 11.9. The number of para-hydroxylation sites is 1. The van der Waals surface area contributed by atoms with Crippen molar-refractivity contribution in [3.63, 3.8) is 0 Å². The molecule has 2 aromatic rings. The van der Waals surface area contributed by atoms with Gasteiger partial charge in [0.25, 0.3) is 5.69 Å². The number of allylic oxidation sites excluding steroid dienone is 1. The summed E-state index contributed by atoms with van der Waals surface area (Å²) in [6.45, 7) is 0. The molecule has 0 aliphatic heterocycles. The molecule has 0 amide bonds. The van der Waals surface area contributed by atoms with E-state index in [1.54, 1.807) is 36.4 Å². The molecule has 0 unspecified atom stereocenters. The first-order chi connectivity index (χ1) is 9.59. The predicted molar refractivity (Wildman–Crippen MR) is 80.6 cm³/mol. The van der Waals surface area contributed by atoms with Crippen LogP contribution < -0.4 is 0 Å². The Hall–Kier alpha value is -2.27. The van der Waals surface area contributed by atoms with E-state index in [0.29, 0.717) is 15.6 Å². The molecule has 100 valence electrons. The van der Waals surface area contributed by atoms with Gasteiger partial charge in [0.2, 0.25) is 0 Å². The lowest BCUT2D eigenvalue weighted by atomic mass is 10.1. The summed E-state index contributed by atoms with van der Waals surface area (Å²) >= 11 is 3.30. The monoisotopic (exact) mass is 331 g/mol. The van der Waals surface area contributed by atoms with Crippen LogP contribution in [-0.2, 0) is 0 Å². The van der Waals surface area contributed by atoms with E-state index in [1.165, 1.54) is 18.2 Å². The van der Waals surface area contributed by atoms with Gasteiger partial charge in [-0.2, -0.15) is 0 Å². The molecule has 5 heteroatoms. The number of halogens is 1. The summed E-state index contributed by atoms with van der Waals surface area (Å²) in [6, 6.07) is 13.3. The molecule has 2 rings (SSSR count). The lowest BCUT2D eigenvalue weighted by Crippen LogP contribution is -1.96. The van der Waals surface area contributed by atoms with E-state index in [4.69, 9.17) is 0 Å². The maximum absolute atomic E-state index is 12.0. The highest BCUT2D eigenvalue weighted by atomic mass is 79.9. The van der Waals surface area contributed by atoms with E-state index in [2.05, 4.69) is 15.9 Å². The van der Waals surface area contributed by atoms with Crippen LogP contribution in [-0.4, -0.2) is 10.7 Å². The van der Waals surface area contributed by atoms with Crippen LogP contribution in [0.2, 0.25) is 0 Å². The first kappa shape index (κ1) is 14.1. The van der Waals surface area contributed by atoms with Gasteiger partial charge in [0.1, 0.15) is 0 Å². The van der Waals surface area contributed by atoms with Gasteiger partial charge in [-0.05, 0) is 30.4 Å². The topological polar surface area (TPSA) is 60.2 Å². The second-order valence-corrected chi connectivity index (χ2v) is 4.85. The number of rotatable bonds is 4. The number of nitro groups is 1. The van der Waals surface area contributed by atoms with Crippen molar-refractivity contribution in [1.82, 2.24) is 0 Å². The quantitative estimate of drug-likeness (QED) is 0.364. The van der Waals surface area contributed by atoms with Crippen molar-refractivity contribution in [2.45, 2.75) is 0 Å². The highest BCUT2D eigenvalue weighted by Crippen LogP contribution is 2.21. The molecule has 0 aliphatic carbocycles. The molecular weight excluding hydrogens is 322 g/mol. The van der Waals surface area contributed by atoms with E-state index >= 15 is 0 Å². The van der Waals surface area contributed by atoms with Crippen LogP contribution in [0.25, 0.3) is 6.08 Å². The zero-order chi connectivity index (χ0) is 14.5. The third-order valence-corrected chi connectivity index (χ3v) is 3.38. The van der Waals surface area contributed by atoms with Gasteiger partial charge < -0.3 is 0 Å². The summed E-state index contributed by atoms with van der Waals surface area (Å²) in [7, 11) is 0.